The molecule has 1 aromatic carbocycles. The topological polar surface area (TPSA) is 140 Å². The molecule has 0 saturated carbocycles. The van der Waals surface area contributed by atoms with E-state index in [1.54, 1.807) is 39.8 Å². The first-order chi connectivity index (χ1) is 24.2. The Balaban J connectivity index is 1.80. The number of nitrogens with one attached hydrogen (secondary N) is 1. The molecule has 0 bridgehead atoms. The van der Waals surface area contributed by atoms with Crippen LogP contribution in [0.3, 0.4) is 0 Å². The van der Waals surface area contributed by atoms with E-state index in [1.807, 2.05) is 32.9 Å². The van der Waals surface area contributed by atoms with Crippen LogP contribution in [-0.4, -0.2) is 84.5 Å². The molecule has 1 aliphatic heterocycles. The molecule has 1 aliphatic rings. The number of ether oxygens (including phenoxy) is 5. The fourth-order valence-electron chi connectivity index (χ4n) is 6.05. The number of aromatic amines is 1. The summed E-state index contributed by atoms with van der Waals surface area (Å²) in [5.74, 6) is 2.02. The number of thioether (sulfide) groups is 1. The molecule has 1 fully saturated rings. The number of aryl methyl sites for hydroxylation is 2. The number of hydrogen-bond acceptors (Lipinski definition) is 12. The molecule has 3 rings (SSSR count). The number of nitrogens with zero attached hydrogens (tertiary/aromatic N) is 2. The van der Waals surface area contributed by atoms with Gasteiger partial charge in [0, 0.05) is 41.6 Å². The summed E-state index contributed by atoms with van der Waals surface area (Å²) in [6.07, 6.45) is 1.61. The van der Waals surface area contributed by atoms with E-state index in [0.29, 0.717) is 36.5 Å². The van der Waals surface area contributed by atoms with E-state index in [9.17, 15) is 14.4 Å². The highest BCUT2D eigenvalue weighted by molar-refractivity contribution is 7.98. The van der Waals surface area contributed by atoms with Gasteiger partial charge in [0.25, 0.3) is 14.1 Å². The van der Waals surface area contributed by atoms with E-state index >= 15 is 0 Å². The Labute approximate surface area is 308 Å². The minimum Gasteiger partial charge on any atom is -0.496 e. The predicted molar refractivity (Wildman–Crippen MR) is 200 cm³/mol. The van der Waals surface area contributed by atoms with Crippen LogP contribution < -0.4 is 20.7 Å². The van der Waals surface area contributed by atoms with Gasteiger partial charge in [-0.1, -0.05) is 13.8 Å². The van der Waals surface area contributed by atoms with Crippen LogP contribution in [-0.2, 0) is 33.8 Å². The number of carbonyl (C=O) groups is 1. The van der Waals surface area contributed by atoms with Gasteiger partial charge in [0.05, 0.1) is 52.2 Å². The Morgan fingerprint density at radius 2 is 1.73 bits per heavy atom. The van der Waals surface area contributed by atoms with Gasteiger partial charge in [0.1, 0.15) is 23.1 Å². The van der Waals surface area contributed by atoms with Crippen LogP contribution in [0.2, 0.25) is 0 Å². The molecule has 1 N–H and O–H groups in total. The molecular formula is C36H58N3O10PS. The van der Waals surface area contributed by atoms with E-state index in [1.165, 1.54) is 10.8 Å². The summed E-state index contributed by atoms with van der Waals surface area (Å²) in [6, 6.07) is 4.06. The zero-order valence-corrected chi connectivity index (χ0v) is 33.8. The van der Waals surface area contributed by atoms with Gasteiger partial charge in [-0.15, -0.1) is 11.8 Å². The monoisotopic (exact) mass is 755 g/mol. The predicted octanol–water partition coefficient (Wildman–Crippen LogP) is 6.48. The van der Waals surface area contributed by atoms with E-state index in [0.717, 1.165) is 22.6 Å². The maximum Gasteiger partial charge on any atom is 0.330 e. The molecule has 0 amide bonds. The van der Waals surface area contributed by atoms with Crippen molar-refractivity contribution in [3.8, 4) is 11.5 Å². The minimum absolute atomic E-state index is 0.0145. The average molecular weight is 756 g/mol. The van der Waals surface area contributed by atoms with Crippen molar-refractivity contribution in [2.45, 2.75) is 118 Å². The summed E-state index contributed by atoms with van der Waals surface area (Å²) < 4.78 is 46.3. The fraction of sp³-hybridized carbons (Fsp3) is 0.694. The van der Waals surface area contributed by atoms with Crippen LogP contribution in [0.1, 0.15) is 90.6 Å². The van der Waals surface area contributed by atoms with Crippen molar-refractivity contribution in [2.24, 2.45) is 5.41 Å². The second-order valence-corrected chi connectivity index (χ2v) is 15.6. The SMILES string of the molecule is CCOC(=O)C(CC)(COCSCc1c(OC)cc(C)cc1OC)COP(OC1C[C@H](n2cc(C)c(=O)[nH]c2=O)O[C@@H]1CC)N(C(C)C)C(C)C. The van der Waals surface area contributed by atoms with Crippen LogP contribution in [0.4, 0.5) is 0 Å². The highest BCUT2D eigenvalue weighted by Gasteiger charge is 2.44. The first-order valence-corrected chi connectivity index (χ1v) is 19.9. The first kappa shape index (κ1) is 43.0. The Morgan fingerprint density at radius 3 is 2.27 bits per heavy atom. The van der Waals surface area contributed by atoms with Crippen molar-refractivity contribution in [2.75, 3.05) is 40.0 Å². The third-order valence-corrected chi connectivity index (χ3v) is 11.8. The third kappa shape index (κ3) is 11.0. The van der Waals surface area contributed by atoms with E-state index in [2.05, 4.69) is 37.3 Å². The molecule has 3 unspecified atom stereocenters. The van der Waals surface area contributed by atoms with Gasteiger partial charge in [-0.05, 0) is 79.0 Å². The van der Waals surface area contributed by atoms with Crippen molar-refractivity contribution in [3.05, 3.63) is 55.9 Å². The van der Waals surface area contributed by atoms with Crippen LogP contribution in [0.25, 0.3) is 0 Å². The summed E-state index contributed by atoms with van der Waals surface area (Å²) in [7, 11) is 1.57. The molecule has 288 valence electrons. The molecule has 5 atom stereocenters. The summed E-state index contributed by atoms with van der Waals surface area (Å²) in [4.78, 5) is 40.7. The van der Waals surface area contributed by atoms with Crippen LogP contribution in [0.15, 0.2) is 27.9 Å². The lowest BCUT2D eigenvalue weighted by Crippen LogP contribution is -2.42. The summed E-state index contributed by atoms with van der Waals surface area (Å²) >= 11 is 1.55. The largest absolute Gasteiger partial charge is 0.496 e. The molecule has 2 heterocycles. The molecule has 13 nitrogen and oxygen atoms in total. The molecule has 15 heteroatoms. The molecule has 2 aromatic rings. The molecular weight excluding hydrogens is 697 g/mol. The quantitative estimate of drug-likeness (QED) is 0.0646. The van der Waals surface area contributed by atoms with Crippen LogP contribution in [0.5, 0.6) is 11.5 Å². The van der Waals surface area contributed by atoms with Crippen molar-refractivity contribution < 1.29 is 37.5 Å². The van der Waals surface area contributed by atoms with Gasteiger partial charge in [0.2, 0.25) is 0 Å². The Bertz CT molecular complexity index is 1500. The number of hydrogen-bond donors (Lipinski definition) is 1. The molecule has 51 heavy (non-hydrogen) atoms. The first-order valence-electron chi connectivity index (χ1n) is 17.6. The molecule has 0 spiro atoms. The summed E-state index contributed by atoms with van der Waals surface area (Å²) in [6.45, 7) is 18.0. The number of H-pyrrole nitrogens is 1. The van der Waals surface area contributed by atoms with Crippen molar-refractivity contribution in [3.63, 3.8) is 0 Å². The molecule has 0 aliphatic carbocycles. The van der Waals surface area contributed by atoms with Gasteiger partial charge in [-0.25, -0.2) is 9.46 Å². The number of aromatic nitrogens is 2. The van der Waals surface area contributed by atoms with Crippen molar-refractivity contribution >= 4 is 26.3 Å². The number of rotatable bonds is 21. The van der Waals surface area contributed by atoms with Crippen LogP contribution in [0, 0.1) is 19.3 Å². The maximum atomic E-state index is 13.6. The van der Waals surface area contributed by atoms with Gasteiger partial charge in [-0.3, -0.25) is 19.1 Å². The zero-order chi connectivity index (χ0) is 37.9. The number of benzene rings is 1. The Morgan fingerprint density at radius 1 is 1.08 bits per heavy atom. The normalized spacial score (nSPS) is 19.5. The average Bonchev–Trinajstić information content (AvgIpc) is 3.49. The van der Waals surface area contributed by atoms with E-state index in [-0.39, 0.29) is 38.0 Å². The fourth-order valence-corrected chi connectivity index (χ4v) is 8.69. The van der Waals surface area contributed by atoms with Crippen LogP contribution >= 0.6 is 20.3 Å². The molecule has 0 radical (unpaired) electrons. The van der Waals surface area contributed by atoms with Gasteiger partial charge in [0.15, 0.2) is 0 Å². The number of methoxy groups -OCH3 is 2. The lowest BCUT2D eigenvalue weighted by atomic mass is 9.87. The van der Waals surface area contributed by atoms with Crippen molar-refractivity contribution in [1.82, 2.24) is 14.2 Å². The number of esters is 1. The number of carbonyl (C=O) groups excluding carboxylic acids is 1. The van der Waals surface area contributed by atoms with Gasteiger partial charge < -0.3 is 32.7 Å². The summed E-state index contributed by atoms with van der Waals surface area (Å²) in [5, 5.41) is 0. The molecule has 1 saturated heterocycles. The van der Waals surface area contributed by atoms with Crippen molar-refractivity contribution in [1.29, 1.82) is 0 Å². The lowest BCUT2D eigenvalue weighted by molar-refractivity contribution is -0.162. The van der Waals surface area contributed by atoms with E-state index < -0.39 is 43.5 Å². The zero-order valence-electron chi connectivity index (χ0n) is 32.1. The molecule has 1 aromatic heterocycles. The Kier molecular flexibility index (Phi) is 17.0. The standard InChI is InChI=1S/C36H58N3O10PS/c1-12-28-31(17-32(48-28)38-18-26(9)33(40)37-35(38)42)49-50(39(23(4)5)24(6)7)47-21-36(13-2,34(41)46-14-3)20-45-22-51-19-27-29(43-10)15-25(8)16-30(27)44-11/h15-16,18,23-24,28,31-32H,12-14,17,19-22H2,1-11H3,(H,37,40,42)/t28-,31?,32-,36?,50?/m1/s1. The minimum atomic E-state index is -1.71. The smallest absolute Gasteiger partial charge is 0.330 e. The van der Waals surface area contributed by atoms with E-state index in [4.69, 9.17) is 32.7 Å². The highest BCUT2D eigenvalue weighted by atomic mass is 32.2. The highest BCUT2D eigenvalue weighted by Crippen LogP contribution is 2.51. The lowest BCUT2D eigenvalue weighted by Gasteiger charge is -2.39. The van der Waals surface area contributed by atoms with Gasteiger partial charge >= 0.3 is 11.7 Å². The maximum absolute atomic E-state index is 13.6. The second-order valence-electron chi connectivity index (χ2n) is 13.3. The Hall–Kier alpha value is -2.45. The second kappa shape index (κ2) is 20.1. The summed E-state index contributed by atoms with van der Waals surface area (Å²) in [5.41, 5.74) is 0.344. The third-order valence-electron chi connectivity index (χ3n) is 8.89. The van der Waals surface area contributed by atoms with Gasteiger partial charge in [-0.2, -0.15) is 0 Å².